The molecule has 0 amide bonds. The molecule has 3 N–H and O–H groups in total. The second-order valence-corrected chi connectivity index (χ2v) is 8.16. The van der Waals surface area contributed by atoms with Gasteiger partial charge in [-0.1, -0.05) is 87.0 Å². The molecule has 0 aliphatic heterocycles. The van der Waals surface area contributed by atoms with Crippen molar-refractivity contribution in [3.63, 3.8) is 0 Å². The van der Waals surface area contributed by atoms with Crippen molar-refractivity contribution in [2.24, 2.45) is 0 Å². The minimum absolute atomic E-state index is 0. The van der Waals surface area contributed by atoms with Gasteiger partial charge in [-0.15, -0.1) is 0 Å². The zero-order chi connectivity index (χ0) is 31.4. The molecule has 0 aliphatic rings. The van der Waals surface area contributed by atoms with Crippen molar-refractivity contribution in [3.8, 4) is 0 Å². The molecule has 0 saturated carbocycles. The second-order valence-electron chi connectivity index (χ2n) is 8.16. The number of unbranched alkanes of at least 4 members (excludes halogenated alkanes) is 5. The summed E-state index contributed by atoms with van der Waals surface area (Å²) in [6.45, 7) is 18.9. The highest BCUT2D eigenvalue weighted by molar-refractivity contribution is 5.36. The second kappa shape index (κ2) is 62.3. The molecule has 0 heterocycles. The zero-order valence-corrected chi connectivity index (χ0v) is 27.5. The standard InChI is InChI=1S/C15H32O6.2C5H10O2.C3H8.CH4O.H2O/c1-4-7-10-16-19-13-15(21-18-12-9-6-3)14-20-17-11-8-5-2;2*1-2-3-4-7-5-6;1-3-2;1-2;/h15H,4-14H2,1-3H3;2*5H,2-4H2,1H3;3H2,1-2H3;2H,1H3;1H2. The Labute approximate surface area is 250 Å². The van der Waals surface area contributed by atoms with Gasteiger partial charge in [-0.05, 0) is 32.1 Å². The van der Waals surface area contributed by atoms with Gasteiger partial charge >= 0.3 is 0 Å². The van der Waals surface area contributed by atoms with Crippen LogP contribution in [0.5, 0.6) is 0 Å². The van der Waals surface area contributed by atoms with E-state index in [-0.39, 0.29) is 24.8 Å². The minimum Gasteiger partial charge on any atom is -0.468 e. The highest BCUT2D eigenvalue weighted by Gasteiger charge is 2.13. The highest BCUT2D eigenvalue weighted by atomic mass is 17.2. The molecule has 0 bridgehead atoms. The SMILES string of the molecule is CCC.CCCCOC=O.CCCCOC=O.CCCCOOCC(COOCCCC)OOCCCC.CO.O. The third-order valence-corrected chi connectivity index (χ3v) is 3.99. The lowest BCUT2D eigenvalue weighted by molar-refractivity contribution is -0.393. The molecule has 12 nitrogen and oxygen atoms in total. The van der Waals surface area contributed by atoms with Gasteiger partial charge in [0, 0.05) is 7.11 Å². The van der Waals surface area contributed by atoms with Gasteiger partial charge in [0.25, 0.3) is 12.9 Å². The molecular formula is C29H66O12. The van der Waals surface area contributed by atoms with Gasteiger partial charge in [0.1, 0.15) is 19.3 Å². The number of hydrogen-bond acceptors (Lipinski definition) is 11. The largest absolute Gasteiger partial charge is 0.468 e. The maximum Gasteiger partial charge on any atom is 0.293 e. The van der Waals surface area contributed by atoms with Crippen molar-refractivity contribution in [2.75, 3.05) is 53.4 Å². The lowest BCUT2D eigenvalue weighted by Crippen LogP contribution is -2.26. The van der Waals surface area contributed by atoms with E-state index in [1.165, 1.54) is 6.42 Å². The van der Waals surface area contributed by atoms with Crippen LogP contribution in [-0.4, -0.2) is 83.0 Å². The van der Waals surface area contributed by atoms with Crippen molar-refractivity contribution < 1.29 is 59.0 Å². The average Bonchev–Trinajstić information content (AvgIpc) is 2.97. The summed E-state index contributed by atoms with van der Waals surface area (Å²) in [5.74, 6) is 0. The summed E-state index contributed by atoms with van der Waals surface area (Å²) in [4.78, 5) is 49.6. The van der Waals surface area contributed by atoms with Crippen LogP contribution in [0.2, 0.25) is 0 Å². The highest BCUT2D eigenvalue weighted by Crippen LogP contribution is 2.01. The van der Waals surface area contributed by atoms with Crippen LogP contribution in [0.4, 0.5) is 0 Å². The summed E-state index contributed by atoms with van der Waals surface area (Å²) in [7, 11) is 1.00. The Morgan fingerprint density at radius 2 is 0.805 bits per heavy atom. The van der Waals surface area contributed by atoms with E-state index in [4.69, 9.17) is 34.4 Å². The smallest absolute Gasteiger partial charge is 0.293 e. The third kappa shape index (κ3) is 73.1. The molecular weight excluding hydrogens is 540 g/mol. The quantitative estimate of drug-likeness (QED) is 0.0586. The van der Waals surface area contributed by atoms with Crippen LogP contribution in [0.25, 0.3) is 0 Å². The number of hydrogen-bond donors (Lipinski definition) is 1. The monoisotopic (exact) mass is 606 g/mol. The Morgan fingerprint density at radius 3 is 1.10 bits per heavy atom. The van der Waals surface area contributed by atoms with E-state index < -0.39 is 0 Å². The van der Waals surface area contributed by atoms with Gasteiger partial charge in [0.2, 0.25) is 0 Å². The Morgan fingerprint density at radius 1 is 0.512 bits per heavy atom. The van der Waals surface area contributed by atoms with Gasteiger partial charge in [-0.25, -0.2) is 29.3 Å². The molecule has 0 aromatic rings. The fourth-order valence-electron chi connectivity index (χ4n) is 1.78. The summed E-state index contributed by atoms with van der Waals surface area (Å²) in [6, 6.07) is 0. The van der Waals surface area contributed by atoms with E-state index in [9.17, 15) is 9.59 Å². The van der Waals surface area contributed by atoms with Crippen LogP contribution in [0.3, 0.4) is 0 Å². The van der Waals surface area contributed by atoms with Crippen LogP contribution in [-0.2, 0) is 48.4 Å². The number of aliphatic hydroxyl groups is 1. The molecule has 41 heavy (non-hydrogen) atoms. The van der Waals surface area contributed by atoms with E-state index >= 15 is 0 Å². The van der Waals surface area contributed by atoms with Crippen molar-refractivity contribution in [3.05, 3.63) is 0 Å². The van der Waals surface area contributed by atoms with Crippen molar-refractivity contribution in [1.82, 2.24) is 0 Å². The summed E-state index contributed by atoms with van der Waals surface area (Å²) >= 11 is 0. The van der Waals surface area contributed by atoms with Crippen LogP contribution >= 0.6 is 0 Å². The van der Waals surface area contributed by atoms with Gasteiger partial charge in [0.05, 0.1) is 33.0 Å². The Kier molecular flexibility index (Phi) is 79.4. The molecule has 0 aromatic carbocycles. The summed E-state index contributed by atoms with van der Waals surface area (Å²) in [5.41, 5.74) is 0. The first-order valence-corrected chi connectivity index (χ1v) is 14.9. The predicted molar refractivity (Wildman–Crippen MR) is 161 cm³/mol. The maximum absolute atomic E-state index is 9.46. The number of rotatable bonds is 25. The molecule has 0 rings (SSSR count). The average molecular weight is 607 g/mol. The maximum atomic E-state index is 9.46. The zero-order valence-electron chi connectivity index (χ0n) is 27.5. The molecule has 0 spiro atoms. The molecule has 254 valence electrons. The molecule has 0 fully saturated rings. The van der Waals surface area contributed by atoms with Crippen LogP contribution < -0.4 is 0 Å². The predicted octanol–water partition coefficient (Wildman–Crippen LogP) is 5.72. The first-order chi connectivity index (χ1) is 19.6. The molecule has 0 radical (unpaired) electrons. The fourth-order valence-corrected chi connectivity index (χ4v) is 1.78. The number of aliphatic hydroxyl groups excluding tert-OH is 1. The molecule has 0 aliphatic carbocycles. The van der Waals surface area contributed by atoms with Crippen LogP contribution in [0.1, 0.15) is 119 Å². The summed E-state index contributed by atoms with van der Waals surface area (Å²) < 4.78 is 8.79. The van der Waals surface area contributed by atoms with E-state index in [0.717, 1.165) is 71.3 Å². The normalized spacial score (nSPS) is 9.22. The van der Waals surface area contributed by atoms with Gasteiger partial charge < -0.3 is 20.1 Å². The van der Waals surface area contributed by atoms with Gasteiger partial charge in [-0.3, -0.25) is 9.59 Å². The number of carbonyl (C=O) groups excluding carboxylic acids is 2. The fraction of sp³-hybridized carbons (Fsp3) is 0.931. The lowest BCUT2D eigenvalue weighted by atomic mass is 10.4. The Bertz CT molecular complexity index is 363. The molecule has 0 aromatic heterocycles. The minimum atomic E-state index is -0.370. The summed E-state index contributed by atoms with van der Waals surface area (Å²) in [6.07, 6.45) is 11.1. The molecule has 0 unspecified atom stereocenters. The first kappa shape index (κ1) is 52.3. The third-order valence-electron chi connectivity index (χ3n) is 3.99. The molecule has 0 atom stereocenters. The van der Waals surface area contributed by atoms with Crippen molar-refractivity contribution >= 4 is 12.9 Å². The van der Waals surface area contributed by atoms with Crippen molar-refractivity contribution in [2.45, 2.75) is 125 Å². The van der Waals surface area contributed by atoms with Gasteiger partial charge in [0.15, 0.2) is 0 Å². The summed E-state index contributed by atoms with van der Waals surface area (Å²) in [5, 5.41) is 7.00. The number of ether oxygens (including phenoxy) is 2. The van der Waals surface area contributed by atoms with Crippen molar-refractivity contribution in [1.29, 1.82) is 0 Å². The Balaban J connectivity index is -0.000000125. The van der Waals surface area contributed by atoms with E-state index in [1.54, 1.807) is 0 Å². The van der Waals surface area contributed by atoms with E-state index in [0.29, 0.717) is 46.0 Å². The van der Waals surface area contributed by atoms with Gasteiger partial charge in [-0.2, -0.15) is 0 Å². The number of carbonyl (C=O) groups is 2. The Hall–Kier alpha value is -1.38. The molecule has 0 saturated heterocycles. The molecule has 12 heteroatoms. The lowest BCUT2D eigenvalue weighted by Gasteiger charge is -2.15. The van der Waals surface area contributed by atoms with Crippen LogP contribution in [0.15, 0.2) is 0 Å². The van der Waals surface area contributed by atoms with Crippen LogP contribution in [0, 0.1) is 0 Å². The van der Waals surface area contributed by atoms with E-state index in [2.05, 4.69) is 44.1 Å². The van der Waals surface area contributed by atoms with E-state index in [1.807, 2.05) is 13.8 Å². The topological polar surface area (TPSA) is 160 Å². The first-order valence-electron chi connectivity index (χ1n) is 14.9.